The van der Waals surface area contributed by atoms with Crippen molar-refractivity contribution in [1.82, 2.24) is 0 Å². The quantitative estimate of drug-likeness (QED) is 0.562. The second-order valence-electron chi connectivity index (χ2n) is 5.25. The Morgan fingerprint density at radius 1 is 0.895 bits per heavy atom. The smallest absolute Gasteiger partial charge is 0.200 e. The van der Waals surface area contributed by atoms with Gasteiger partial charge in [0.05, 0.1) is 10.8 Å². The molecule has 0 aliphatic carbocycles. The van der Waals surface area contributed by atoms with Crippen LogP contribution in [-0.2, 0) is 0 Å². The maximum atomic E-state index is 12.7. The van der Waals surface area contributed by atoms with Gasteiger partial charge in [-0.15, -0.1) is 0 Å². The average molecular weight is 252 g/mol. The fourth-order valence-electron chi connectivity index (χ4n) is 2.57. The topological polar surface area (TPSA) is 30.2 Å². The fraction of sp³-hybridized carbons (Fsp3) is 0.235. The van der Waals surface area contributed by atoms with Gasteiger partial charge >= 0.3 is 0 Å². The van der Waals surface area contributed by atoms with Gasteiger partial charge in [0.2, 0.25) is 5.43 Å². The molecule has 1 aromatic heterocycles. The van der Waals surface area contributed by atoms with Crippen LogP contribution >= 0.6 is 0 Å². The van der Waals surface area contributed by atoms with Crippen molar-refractivity contribution in [3.8, 4) is 0 Å². The van der Waals surface area contributed by atoms with Gasteiger partial charge in [-0.1, -0.05) is 11.6 Å². The first-order chi connectivity index (χ1) is 8.99. The first kappa shape index (κ1) is 12.0. The number of hydrogen-bond acceptors (Lipinski definition) is 2. The number of hydrogen-bond donors (Lipinski definition) is 0. The highest BCUT2D eigenvalue weighted by Gasteiger charge is 2.12. The Morgan fingerprint density at radius 2 is 1.63 bits per heavy atom. The monoisotopic (exact) mass is 252 g/mol. The minimum atomic E-state index is 0.0700. The summed E-state index contributed by atoms with van der Waals surface area (Å²) in [5.41, 5.74) is 5.81. The lowest BCUT2D eigenvalue weighted by molar-refractivity contribution is 0.659. The molecule has 0 unspecified atom stereocenters. The van der Waals surface area contributed by atoms with Gasteiger partial charge in [-0.25, -0.2) is 0 Å². The number of fused-ring (bicyclic) bond motifs is 2. The molecule has 2 aromatic carbocycles. The van der Waals surface area contributed by atoms with Gasteiger partial charge in [0, 0.05) is 0 Å². The van der Waals surface area contributed by atoms with E-state index in [-0.39, 0.29) is 5.43 Å². The maximum absolute atomic E-state index is 12.7. The number of aryl methyl sites for hydroxylation is 3. The van der Waals surface area contributed by atoms with Gasteiger partial charge in [-0.3, -0.25) is 4.79 Å². The minimum absolute atomic E-state index is 0.0700. The van der Waals surface area contributed by atoms with E-state index < -0.39 is 0 Å². The second-order valence-corrected chi connectivity index (χ2v) is 5.25. The maximum Gasteiger partial charge on any atom is 0.200 e. The summed E-state index contributed by atoms with van der Waals surface area (Å²) in [6.07, 6.45) is 0. The summed E-state index contributed by atoms with van der Waals surface area (Å²) in [6, 6.07) is 7.69. The highest BCUT2D eigenvalue weighted by atomic mass is 16.3. The minimum Gasteiger partial charge on any atom is -0.456 e. The van der Waals surface area contributed by atoms with Crippen molar-refractivity contribution in [2.24, 2.45) is 0 Å². The Hall–Kier alpha value is -2.09. The van der Waals surface area contributed by atoms with Gasteiger partial charge in [0.15, 0.2) is 0 Å². The third-order valence-electron chi connectivity index (χ3n) is 3.95. The zero-order valence-corrected chi connectivity index (χ0v) is 11.6. The molecule has 0 N–H and O–H groups in total. The first-order valence-electron chi connectivity index (χ1n) is 6.43. The Labute approximate surface area is 111 Å². The molecule has 0 bridgehead atoms. The molecule has 3 rings (SSSR count). The zero-order chi connectivity index (χ0) is 13.7. The van der Waals surface area contributed by atoms with Crippen LogP contribution < -0.4 is 5.43 Å². The molecule has 0 aliphatic heterocycles. The van der Waals surface area contributed by atoms with Crippen LogP contribution in [0.2, 0.25) is 0 Å². The molecule has 3 aromatic rings. The first-order valence-corrected chi connectivity index (χ1v) is 6.43. The molecule has 0 saturated carbocycles. The molecular formula is C17H16O2. The molecular weight excluding hydrogens is 236 g/mol. The summed E-state index contributed by atoms with van der Waals surface area (Å²) in [5.74, 6) is 0. The molecule has 0 fully saturated rings. The lowest BCUT2D eigenvalue weighted by Crippen LogP contribution is -2.06. The van der Waals surface area contributed by atoms with Crippen molar-refractivity contribution in [3.05, 3.63) is 56.7 Å². The van der Waals surface area contributed by atoms with Crippen molar-refractivity contribution < 1.29 is 4.42 Å². The largest absolute Gasteiger partial charge is 0.456 e. The Balaban J connectivity index is 2.62. The van der Waals surface area contributed by atoms with E-state index in [1.165, 1.54) is 0 Å². The number of benzene rings is 2. The molecule has 19 heavy (non-hydrogen) atoms. The van der Waals surface area contributed by atoms with Gasteiger partial charge in [0.1, 0.15) is 11.2 Å². The highest BCUT2D eigenvalue weighted by Crippen LogP contribution is 2.25. The standard InChI is InChI=1S/C17H16O2/c1-9-5-6-14-13(7-9)17(18)16-12(4)11(3)10(2)8-15(16)19-14/h5-8H,1-4H3. The summed E-state index contributed by atoms with van der Waals surface area (Å²) in [5, 5.41) is 1.38. The summed E-state index contributed by atoms with van der Waals surface area (Å²) < 4.78 is 5.90. The molecule has 0 amide bonds. The average Bonchev–Trinajstić information content (AvgIpc) is 2.37. The van der Waals surface area contributed by atoms with Gasteiger partial charge in [-0.05, 0) is 62.6 Å². The second kappa shape index (κ2) is 3.95. The third kappa shape index (κ3) is 1.67. The van der Waals surface area contributed by atoms with Crippen LogP contribution in [0.3, 0.4) is 0 Å². The lowest BCUT2D eigenvalue weighted by atomic mass is 9.98. The summed E-state index contributed by atoms with van der Waals surface area (Å²) in [4.78, 5) is 12.7. The van der Waals surface area contributed by atoms with Gasteiger partial charge in [-0.2, -0.15) is 0 Å². The van der Waals surface area contributed by atoms with E-state index >= 15 is 0 Å². The van der Waals surface area contributed by atoms with Crippen molar-refractivity contribution in [2.45, 2.75) is 27.7 Å². The molecule has 2 nitrogen and oxygen atoms in total. The van der Waals surface area contributed by atoms with Crippen LogP contribution in [0.15, 0.2) is 33.5 Å². The summed E-state index contributed by atoms with van der Waals surface area (Å²) >= 11 is 0. The lowest BCUT2D eigenvalue weighted by Gasteiger charge is -2.09. The van der Waals surface area contributed by atoms with Crippen LogP contribution in [0, 0.1) is 27.7 Å². The van der Waals surface area contributed by atoms with Crippen molar-refractivity contribution in [1.29, 1.82) is 0 Å². The molecule has 0 aliphatic rings. The zero-order valence-electron chi connectivity index (χ0n) is 11.6. The van der Waals surface area contributed by atoms with E-state index in [9.17, 15) is 4.79 Å². The van der Waals surface area contributed by atoms with E-state index in [1.54, 1.807) is 0 Å². The van der Waals surface area contributed by atoms with Gasteiger partial charge < -0.3 is 4.42 Å². The highest BCUT2D eigenvalue weighted by molar-refractivity contribution is 5.92. The Morgan fingerprint density at radius 3 is 2.37 bits per heavy atom. The van der Waals surface area contributed by atoms with Gasteiger partial charge in [0.25, 0.3) is 0 Å². The molecule has 0 atom stereocenters. The van der Waals surface area contributed by atoms with Crippen LogP contribution in [0.25, 0.3) is 21.9 Å². The molecule has 0 saturated heterocycles. The van der Waals surface area contributed by atoms with Crippen LogP contribution in [0.4, 0.5) is 0 Å². The SMILES string of the molecule is Cc1ccc2oc3cc(C)c(C)c(C)c3c(=O)c2c1. The van der Waals surface area contributed by atoms with Crippen molar-refractivity contribution in [3.63, 3.8) is 0 Å². The third-order valence-corrected chi connectivity index (χ3v) is 3.95. The van der Waals surface area contributed by atoms with E-state index in [4.69, 9.17) is 4.42 Å². The normalized spacial score (nSPS) is 11.4. The van der Waals surface area contributed by atoms with Crippen LogP contribution in [-0.4, -0.2) is 0 Å². The summed E-state index contributed by atoms with van der Waals surface area (Å²) in [6.45, 7) is 8.06. The van der Waals surface area contributed by atoms with E-state index in [0.717, 1.165) is 22.3 Å². The number of rotatable bonds is 0. The van der Waals surface area contributed by atoms with Crippen LogP contribution in [0.5, 0.6) is 0 Å². The summed E-state index contributed by atoms with van der Waals surface area (Å²) in [7, 11) is 0. The molecule has 96 valence electrons. The van der Waals surface area contributed by atoms with Crippen molar-refractivity contribution in [2.75, 3.05) is 0 Å². The predicted molar refractivity (Wildman–Crippen MR) is 78.9 cm³/mol. The van der Waals surface area contributed by atoms with E-state index in [1.807, 2.05) is 52.0 Å². The molecule has 1 heterocycles. The molecule has 0 radical (unpaired) electrons. The predicted octanol–water partition coefficient (Wildman–Crippen LogP) is 4.18. The van der Waals surface area contributed by atoms with E-state index in [0.29, 0.717) is 21.9 Å². The van der Waals surface area contributed by atoms with E-state index in [2.05, 4.69) is 0 Å². The fourth-order valence-corrected chi connectivity index (χ4v) is 2.57. The Bertz CT molecular complexity index is 870. The van der Waals surface area contributed by atoms with Crippen LogP contribution in [0.1, 0.15) is 22.3 Å². The molecule has 0 spiro atoms. The van der Waals surface area contributed by atoms with Crippen molar-refractivity contribution >= 4 is 21.9 Å². The Kier molecular flexibility index (Phi) is 2.49. The molecule has 2 heteroatoms.